The van der Waals surface area contributed by atoms with Crippen molar-refractivity contribution in [3.63, 3.8) is 0 Å². The van der Waals surface area contributed by atoms with E-state index in [1.54, 1.807) is 0 Å². The predicted molar refractivity (Wildman–Crippen MR) is 105 cm³/mol. The second-order valence-corrected chi connectivity index (χ2v) is 9.80. The second kappa shape index (κ2) is 6.97. The summed E-state index contributed by atoms with van der Waals surface area (Å²) in [5, 5.41) is 3.04. The molecule has 0 bridgehead atoms. The van der Waals surface area contributed by atoms with Crippen LogP contribution in [0.4, 0.5) is 4.79 Å². The van der Waals surface area contributed by atoms with Crippen molar-refractivity contribution in [3.8, 4) is 0 Å². The molecule has 1 aliphatic carbocycles. The maximum Gasteiger partial charge on any atom is 0.326 e. The Morgan fingerprint density at radius 2 is 1.88 bits per heavy atom. The first-order chi connectivity index (χ1) is 12.1. The largest absolute Gasteiger partial charge is 0.326 e. The fourth-order valence-electron chi connectivity index (χ4n) is 4.83. The third kappa shape index (κ3) is 3.96. The fourth-order valence-corrected chi connectivity index (χ4v) is 5.09. The van der Waals surface area contributed by atoms with Gasteiger partial charge in [-0.25, -0.2) is 9.69 Å². The Kier molecular flexibility index (Phi) is 5.19. The van der Waals surface area contributed by atoms with Gasteiger partial charge in [-0.15, -0.1) is 0 Å². The van der Waals surface area contributed by atoms with Gasteiger partial charge in [0.1, 0.15) is 5.54 Å². The molecule has 1 aromatic rings. The standard InChI is InChI=1S/C20H28BrN3O2/c1-14-9-19(2,3)12-20(10-14)17(25)24(18(26)22-20)13-23(4)11-15-5-7-16(21)8-6-15/h5-8,14H,9-13H2,1-4H3,(H,22,26). The van der Waals surface area contributed by atoms with E-state index in [9.17, 15) is 9.59 Å². The molecule has 2 unspecified atom stereocenters. The molecule has 1 saturated carbocycles. The van der Waals surface area contributed by atoms with Gasteiger partial charge in [-0.2, -0.15) is 0 Å². The molecule has 1 aromatic carbocycles. The molecule has 5 nitrogen and oxygen atoms in total. The number of imide groups is 1. The number of rotatable bonds is 4. The molecule has 2 aliphatic rings. The molecule has 0 aromatic heterocycles. The highest BCUT2D eigenvalue weighted by Gasteiger charge is 2.56. The van der Waals surface area contributed by atoms with Crippen LogP contribution in [-0.2, 0) is 11.3 Å². The van der Waals surface area contributed by atoms with Crippen molar-refractivity contribution in [3.05, 3.63) is 34.3 Å². The average Bonchev–Trinajstić information content (AvgIpc) is 2.71. The molecular weight excluding hydrogens is 394 g/mol. The van der Waals surface area contributed by atoms with Crippen LogP contribution in [0.3, 0.4) is 0 Å². The van der Waals surface area contributed by atoms with Crippen molar-refractivity contribution in [2.24, 2.45) is 11.3 Å². The molecule has 142 valence electrons. The van der Waals surface area contributed by atoms with Gasteiger partial charge < -0.3 is 5.32 Å². The zero-order valence-electron chi connectivity index (χ0n) is 16.0. The highest BCUT2D eigenvalue weighted by Crippen LogP contribution is 2.46. The number of hydrogen-bond acceptors (Lipinski definition) is 3. The first-order valence-electron chi connectivity index (χ1n) is 9.17. The van der Waals surface area contributed by atoms with Crippen LogP contribution in [0.2, 0.25) is 0 Å². The summed E-state index contributed by atoms with van der Waals surface area (Å²) in [6, 6.07) is 7.82. The van der Waals surface area contributed by atoms with Crippen LogP contribution in [0.1, 0.15) is 45.6 Å². The molecule has 2 fully saturated rings. The number of carbonyl (C=O) groups is 2. The number of nitrogens with one attached hydrogen (secondary N) is 1. The lowest BCUT2D eigenvalue weighted by Gasteiger charge is -2.43. The van der Waals surface area contributed by atoms with Gasteiger partial charge in [0.15, 0.2) is 0 Å². The zero-order valence-corrected chi connectivity index (χ0v) is 17.6. The first kappa shape index (κ1) is 19.4. The molecule has 1 saturated heterocycles. The predicted octanol–water partition coefficient (Wildman–Crippen LogP) is 3.98. The molecule has 1 aliphatic heterocycles. The minimum atomic E-state index is -0.725. The maximum absolute atomic E-state index is 13.2. The Morgan fingerprint density at radius 3 is 2.50 bits per heavy atom. The van der Waals surface area contributed by atoms with Crippen LogP contribution < -0.4 is 5.32 Å². The van der Waals surface area contributed by atoms with E-state index in [0.29, 0.717) is 25.6 Å². The summed E-state index contributed by atoms with van der Waals surface area (Å²) in [7, 11) is 1.93. The van der Waals surface area contributed by atoms with Crippen LogP contribution >= 0.6 is 15.9 Å². The smallest absolute Gasteiger partial charge is 0.323 e. The first-order valence-corrected chi connectivity index (χ1v) is 9.97. The van der Waals surface area contributed by atoms with Gasteiger partial charge in [0.25, 0.3) is 5.91 Å². The van der Waals surface area contributed by atoms with E-state index in [2.05, 4.69) is 42.0 Å². The van der Waals surface area contributed by atoms with Gasteiger partial charge in [0.2, 0.25) is 0 Å². The Labute approximate surface area is 164 Å². The number of halogens is 1. The van der Waals surface area contributed by atoms with Crippen molar-refractivity contribution in [1.29, 1.82) is 0 Å². The molecule has 1 spiro atoms. The maximum atomic E-state index is 13.2. The fraction of sp³-hybridized carbons (Fsp3) is 0.600. The molecule has 0 radical (unpaired) electrons. The zero-order chi connectivity index (χ0) is 19.1. The van der Waals surface area contributed by atoms with E-state index < -0.39 is 5.54 Å². The third-order valence-corrected chi connectivity index (χ3v) is 5.90. The summed E-state index contributed by atoms with van der Waals surface area (Å²) in [4.78, 5) is 29.1. The topological polar surface area (TPSA) is 52.7 Å². The Balaban J connectivity index is 1.70. The number of nitrogens with zero attached hydrogens (tertiary/aromatic N) is 2. The van der Waals surface area contributed by atoms with Gasteiger partial charge in [-0.05, 0) is 55.3 Å². The molecule has 3 rings (SSSR count). The van der Waals surface area contributed by atoms with E-state index in [0.717, 1.165) is 22.9 Å². The quantitative estimate of drug-likeness (QED) is 0.747. The monoisotopic (exact) mass is 421 g/mol. The van der Waals surface area contributed by atoms with E-state index in [1.807, 2.05) is 36.2 Å². The van der Waals surface area contributed by atoms with Gasteiger partial charge >= 0.3 is 6.03 Å². The molecule has 3 amide bonds. The van der Waals surface area contributed by atoms with E-state index in [1.165, 1.54) is 4.90 Å². The van der Waals surface area contributed by atoms with Crippen molar-refractivity contribution >= 4 is 27.9 Å². The van der Waals surface area contributed by atoms with Gasteiger partial charge in [-0.3, -0.25) is 9.69 Å². The number of urea groups is 1. The van der Waals surface area contributed by atoms with Crippen molar-refractivity contribution < 1.29 is 9.59 Å². The number of carbonyl (C=O) groups excluding carboxylic acids is 2. The number of hydrogen-bond donors (Lipinski definition) is 1. The number of benzene rings is 1. The van der Waals surface area contributed by atoms with Gasteiger partial charge in [0.05, 0.1) is 6.67 Å². The van der Waals surface area contributed by atoms with Crippen LogP contribution in [-0.4, -0.2) is 41.0 Å². The van der Waals surface area contributed by atoms with Crippen LogP contribution in [0.15, 0.2) is 28.7 Å². The second-order valence-electron chi connectivity index (χ2n) is 8.88. The number of amides is 3. The Hall–Kier alpha value is -1.40. The molecular formula is C20H28BrN3O2. The Morgan fingerprint density at radius 1 is 1.23 bits per heavy atom. The average molecular weight is 422 g/mol. The van der Waals surface area contributed by atoms with Crippen LogP contribution in [0, 0.1) is 11.3 Å². The summed E-state index contributed by atoms with van der Waals surface area (Å²) < 4.78 is 1.04. The summed E-state index contributed by atoms with van der Waals surface area (Å²) in [5.74, 6) is 0.355. The van der Waals surface area contributed by atoms with Crippen LogP contribution in [0.5, 0.6) is 0 Å². The van der Waals surface area contributed by atoms with E-state index in [-0.39, 0.29) is 17.4 Å². The minimum absolute atomic E-state index is 0.0555. The summed E-state index contributed by atoms with van der Waals surface area (Å²) >= 11 is 3.43. The molecule has 1 heterocycles. The van der Waals surface area contributed by atoms with Crippen molar-refractivity contribution in [2.75, 3.05) is 13.7 Å². The summed E-state index contributed by atoms with van der Waals surface area (Å²) in [5.41, 5.74) is 0.473. The lowest BCUT2D eigenvalue weighted by molar-refractivity contribution is -0.136. The molecule has 2 atom stereocenters. The van der Waals surface area contributed by atoms with Crippen molar-refractivity contribution in [1.82, 2.24) is 15.1 Å². The molecule has 6 heteroatoms. The summed E-state index contributed by atoms with van der Waals surface area (Å²) in [6.45, 7) is 7.53. The Bertz CT molecular complexity index is 704. The third-order valence-electron chi connectivity index (χ3n) is 5.37. The minimum Gasteiger partial charge on any atom is -0.323 e. The highest BCUT2D eigenvalue weighted by atomic mass is 79.9. The van der Waals surface area contributed by atoms with E-state index >= 15 is 0 Å². The van der Waals surface area contributed by atoms with Gasteiger partial charge in [0, 0.05) is 11.0 Å². The van der Waals surface area contributed by atoms with E-state index in [4.69, 9.17) is 0 Å². The summed E-state index contributed by atoms with van der Waals surface area (Å²) in [6.07, 6.45) is 2.52. The normalized spacial score (nSPS) is 28.1. The lowest BCUT2D eigenvalue weighted by Crippen LogP contribution is -2.54. The lowest BCUT2D eigenvalue weighted by atomic mass is 9.64. The SMILES string of the molecule is CC1CC(C)(C)CC2(C1)NC(=O)N(CN(C)Cc1ccc(Br)cc1)C2=O. The van der Waals surface area contributed by atoms with Crippen LogP contribution in [0.25, 0.3) is 0 Å². The van der Waals surface area contributed by atoms with Gasteiger partial charge in [-0.1, -0.05) is 48.8 Å². The highest BCUT2D eigenvalue weighted by molar-refractivity contribution is 9.10. The molecule has 26 heavy (non-hydrogen) atoms. The van der Waals surface area contributed by atoms with Crippen molar-refractivity contribution in [2.45, 2.75) is 52.1 Å². The molecule has 1 N–H and O–H groups in total.